The summed E-state index contributed by atoms with van der Waals surface area (Å²) in [5.74, 6) is 0. The highest BCUT2D eigenvalue weighted by molar-refractivity contribution is 7.91. The smallest absolute Gasteiger partial charge is 0.150 e. The Morgan fingerprint density at radius 2 is 1.95 bits per heavy atom. The molecule has 1 saturated carbocycles. The standard InChI is InChI=1S/C16H26N2O2S/c1-18(2)16-10-5-4-7-13(16)12-17-14-8-6-9-15(11-14)21(3,19)20/h4-5,7,10,14-15,17H,6,8-9,11-12H2,1-3H3. The van der Waals surface area contributed by atoms with Crippen molar-refractivity contribution in [2.75, 3.05) is 25.3 Å². The summed E-state index contributed by atoms with van der Waals surface area (Å²) >= 11 is 0. The van der Waals surface area contributed by atoms with Crippen LogP contribution >= 0.6 is 0 Å². The highest BCUT2D eigenvalue weighted by atomic mass is 32.2. The first-order valence-electron chi connectivity index (χ1n) is 7.55. The lowest BCUT2D eigenvalue weighted by Gasteiger charge is -2.29. The van der Waals surface area contributed by atoms with Gasteiger partial charge in [-0.1, -0.05) is 24.6 Å². The molecule has 118 valence electrons. The normalized spacial score (nSPS) is 23.0. The molecule has 0 radical (unpaired) electrons. The fourth-order valence-corrected chi connectivity index (χ4v) is 4.25. The first-order valence-corrected chi connectivity index (χ1v) is 9.51. The number of nitrogens with one attached hydrogen (secondary N) is 1. The molecular weight excluding hydrogens is 284 g/mol. The lowest BCUT2D eigenvalue weighted by Crippen LogP contribution is -2.38. The van der Waals surface area contributed by atoms with Crippen molar-refractivity contribution in [1.29, 1.82) is 0 Å². The van der Waals surface area contributed by atoms with Gasteiger partial charge >= 0.3 is 0 Å². The monoisotopic (exact) mass is 310 g/mol. The van der Waals surface area contributed by atoms with Crippen LogP contribution in [0.4, 0.5) is 5.69 Å². The van der Waals surface area contributed by atoms with E-state index in [1.165, 1.54) is 17.5 Å². The summed E-state index contributed by atoms with van der Waals surface area (Å²) in [6.45, 7) is 0.787. The van der Waals surface area contributed by atoms with E-state index < -0.39 is 9.84 Å². The second-order valence-electron chi connectivity index (χ2n) is 6.22. The van der Waals surface area contributed by atoms with Crippen molar-refractivity contribution in [2.45, 2.75) is 43.5 Å². The topological polar surface area (TPSA) is 49.4 Å². The third-order valence-electron chi connectivity index (χ3n) is 4.29. The molecule has 1 fully saturated rings. The molecule has 1 aliphatic carbocycles. The quantitative estimate of drug-likeness (QED) is 0.906. The van der Waals surface area contributed by atoms with Crippen molar-refractivity contribution in [1.82, 2.24) is 5.32 Å². The largest absolute Gasteiger partial charge is 0.377 e. The van der Waals surface area contributed by atoms with Gasteiger partial charge in [-0.2, -0.15) is 0 Å². The summed E-state index contributed by atoms with van der Waals surface area (Å²) in [7, 11) is 1.17. The molecule has 0 amide bonds. The molecule has 21 heavy (non-hydrogen) atoms. The van der Waals surface area contributed by atoms with Crippen LogP contribution in [-0.2, 0) is 16.4 Å². The summed E-state index contributed by atoms with van der Waals surface area (Å²) in [6.07, 6.45) is 4.97. The van der Waals surface area contributed by atoms with Crippen molar-refractivity contribution in [3.8, 4) is 0 Å². The van der Waals surface area contributed by atoms with Crippen molar-refractivity contribution < 1.29 is 8.42 Å². The minimum absolute atomic E-state index is 0.173. The summed E-state index contributed by atoms with van der Waals surface area (Å²) < 4.78 is 23.4. The average molecular weight is 310 g/mol. The molecule has 0 heterocycles. The molecule has 2 unspecified atom stereocenters. The molecule has 1 aromatic rings. The Morgan fingerprint density at radius 3 is 2.62 bits per heavy atom. The fourth-order valence-electron chi connectivity index (χ4n) is 3.07. The van der Waals surface area contributed by atoms with Crippen molar-refractivity contribution in [3.63, 3.8) is 0 Å². The molecule has 4 nitrogen and oxygen atoms in total. The van der Waals surface area contributed by atoms with Crippen LogP contribution in [0.15, 0.2) is 24.3 Å². The van der Waals surface area contributed by atoms with Crippen LogP contribution in [0.2, 0.25) is 0 Å². The Balaban J connectivity index is 1.97. The van der Waals surface area contributed by atoms with Gasteiger partial charge in [-0.3, -0.25) is 0 Å². The van der Waals surface area contributed by atoms with E-state index in [4.69, 9.17) is 0 Å². The predicted molar refractivity (Wildman–Crippen MR) is 88.5 cm³/mol. The van der Waals surface area contributed by atoms with Gasteiger partial charge in [0.2, 0.25) is 0 Å². The molecule has 0 aliphatic heterocycles. The third kappa shape index (κ3) is 4.45. The average Bonchev–Trinajstić information content (AvgIpc) is 2.45. The number of benzene rings is 1. The molecule has 2 atom stereocenters. The van der Waals surface area contributed by atoms with Crippen LogP contribution in [-0.4, -0.2) is 40.1 Å². The fraction of sp³-hybridized carbons (Fsp3) is 0.625. The Bertz CT molecular complexity index is 569. The Kier molecular flexibility index (Phi) is 5.27. The first-order chi connectivity index (χ1) is 9.88. The number of sulfone groups is 1. The minimum Gasteiger partial charge on any atom is -0.377 e. The van der Waals surface area contributed by atoms with Crippen molar-refractivity contribution >= 4 is 15.5 Å². The Hall–Kier alpha value is -1.07. The second kappa shape index (κ2) is 6.79. The van der Waals surface area contributed by atoms with Gasteiger partial charge in [0, 0.05) is 38.6 Å². The molecular formula is C16H26N2O2S. The summed E-state index contributed by atoms with van der Waals surface area (Å²) in [5, 5.41) is 3.37. The summed E-state index contributed by atoms with van der Waals surface area (Å²) in [4.78, 5) is 2.11. The zero-order chi connectivity index (χ0) is 15.5. The minimum atomic E-state index is -2.91. The zero-order valence-corrected chi connectivity index (χ0v) is 14.0. The molecule has 5 heteroatoms. The van der Waals surface area contributed by atoms with Crippen LogP contribution in [0, 0.1) is 0 Å². The molecule has 0 aromatic heterocycles. The van der Waals surface area contributed by atoms with Crippen molar-refractivity contribution in [3.05, 3.63) is 29.8 Å². The highest BCUT2D eigenvalue weighted by Crippen LogP contribution is 2.25. The molecule has 1 aromatic carbocycles. The molecule has 1 N–H and O–H groups in total. The van der Waals surface area contributed by atoms with Crippen LogP contribution < -0.4 is 10.2 Å². The summed E-state index contributed by atoms with van der Waals surface area (Å²) in [5.41, 5.74) is 2.46. The van der Waals surface area contributed by atoms with Gasteiger partial charge < -0.3 is 10.2 Å². The Labute approximate surface area is 128 Å². The lowest BCUT2D eigenvalue weighted by atomic mass is 9.94. The summed E-state index contributed by atoms with van der Waals surface area (Å²) in [6, 6.07) is 8.62. The van der Waals surface area contributed by atoms with E-state index >= 15 is 0 Å². The van der Waals surface area contributed by atoms with Gasteiger partial charge in [-0.15, -0.1) is 0 Å². The van der Waals surface area contributed by atoms with E-state index in [1.807, 2.05) is 26.2 Å². The van der Waals surface area contributed by atoms with E-state index in [9.17, 15) is 8.42 Å². The molecule has 1 aliphatic rings. The first kappa shape index (κ1) is 16.3. The zero-order valence-electron chi connectivity index (χ0n) is 13.2. The van der Waals surface area contributed by atoms with E-state index in [1.54, 1.807) is 0 Å². The second-order valence-corrected chi connectivity index (χ2v) is 8.54. The highest BCUT2D eigenvalue weighted by Gasteiger charge is 2.28. The van der Waals surface area contributed by atoms with Crippen LogP contribution in [0.1, 0.15) is 31.2 Å². The van der Waals surface area contributed by atoms with E-state index in [0.29, 0.717) is 6.04 Å². The number of nitrogens with zero attached hydrogens (tertiary/aromatic N) is 1. The third-order valence-corrected chi connectivity index (χ3v) is 5.93. The molecule has 0 saturated heterocycles. The molecule has 0 bridgehead atoms. The maximum absolute atomic E-state index is 11.7. The lowest BCUT2D eigenvalue weighted by molar-refractivity contribution is 0.371. The van der Waals surface area contributed by atoms with Crippen LogP contribution in [0.3, 0.4) is 0 Å². The number of rotatable bonds is 5. The van der Waals surface area contributed by atoms with E-state index in [0.717, 1.165) is 32.2 Å². The number of para-hydroxylation sites is 1. The van der Waals surface area contributed by atoms with Gasteiger partial charge in [0.1, 0.15) is 9.84 Å². The molecule has 0 spiro atoms. The maximum Gasteiger partial charge on any atom is 0.150 e. The number of hydrogen-bond donors (Lipinski definition) is 1. The van der Waals surface area contributed by atoms with Crippen molar-refractivity contribution in [2.24, 2.45) is 0 Å². The van der Waals surface area contributed by atoms with Gasteiger partial charge in [0.05, 0.1) is 5.25 Å². The predicted octanol–water partition coefficient (Wildman–Crippen LogP) is 2.20. The van der Waals surface area contributed by atoms with E-state index in [-0.39, 0.29) is 5.25 Å². The SMILES string of the molecule is CN(C)c1ccccc1CNC1CCCC(S(C)(=O)=O)C1. The number of anilines is 1. The number of hydrogen-bond acceptors (Lipinski definition) is 4. The van der Waals surface area contributed by atoms with Crippen LogP contribution in [0.25, 0.3) is 0 Å². The van der Waals surface area contributed by atoms with E-state index in [2.05, 4.69) is 22.3 Å². The van der Waals surface area contributed by atoms with Gasteiger partial charge in [0.25, 0.3) is 0 Å². The molecule has 2 rings (SSSR count). The van der Waals surface area contributed by atoms with Gasteiger partial charge in [-0.05, 0) is 30.9 Å². The van der Waals surface area contributed by atoms with Crippen LogP contribution in [0.5, 0.6) is 0 Å². The van der Waals surface area contributed by atoms with Gasteiger partial charge in [0.15, 0.2) is 0 Å². The van der Waals surface area contributed by atoms with Gasteiger partial charge in [-0.25, -0.2) is 8.42 Å². The maximum atomic E-state index is 11.7. The Morgan fingerprint density at radius 1 is 1.24 bits per heavy atom.